The largest absolute Gasteiger partial charge is 0.320 e. The standard InChI is InChI=1S/C34H30Cl2N2O/c1-34(2,3)27-20-25(18-23-10-4-6-14-28(23)35)31(26(21-27)19-24-11-5-7-15-29(24)36)33(39)38-30-16-8-12-22-13-9-17-37-32(22)30/h4-17,20-21H,18-19H2,1-3H3,(H,38,39). The highest BCUT2D eigenvalue weighted by atomic mass is 35.5. The second-order valence-corrected chi connectivity index (χ2v) is 11.6. The van der Waals surface area contributed by atoms with Crippen LogP contribution in [0, 0.1) is 0 Å². The summed E-state index contributed by atoms with van der Waals surface area (Å²) in [5.74, 6) is -0.183. The monoisotopic (exact) mass is 552 g/mol. The number of rotatable bonds is 6. The van der Waals surface area contributed by atoms with Crippen molar-refractivity contribution in [1.82, 2.24) is 4.98 Å². The number of carbonyl (C=O) groups excluding carboxylic acids is 1. The summed E-state index contributed by atoms with van der Waals surface area (Å²) in [6.07, 6.45) is 2.78. The van der Waals surface area contributed by atoms with E-state index in [1.807, 2.05) is 78.9 Å². The number of hydrogen-bond donors (Lipinski definition) is 1. The maximum atomic E-state index is 14.2. The van der Waals surface area contributed by atoms with E-state index in [0.29, 0.717) is 34.1 Å². The minimum absolute atomic E-state index is 0.126. The van der Waals surface area contributed by atoms with E-state index in [4.69, 9.17) is 23.2 Å². The zero-order chi connectivity index (χ0) is 27.6. The maximum absolute atomic E-state index is 14.2. The molecule has 5 aromatic rings. The lowest BCUT2D eigenvalue weighted by molar-refractivity contribution is 0.102. The van der Waals surface area contributed by atoms with Crippen LogP contribution in [-0.2, 0) is 18.3 Å². The second-order valence-electron chi connectivity index (χ2n) is 10.8. The zero-order valence-corrected chi connectivity index (χ0v) is 23.8. The summed E-state index contributed by atoms with van der Waals surface area (Å²) in [5.41, 5.74) is 6.85. The molecule has 0 bridgehead atoms. The molecule has 0 spiro atoms. The summed E-state index contributed by atoms with van der Waals surface area (Å²) in [5, 5.41) is 5.49. The van der Waals surface area contributed by atoms with E-state index in [0.717, 1.165) is 38.7 Å². The summed E-state index contributed by atoms with van der Waals surface area (Å²) in [6, 6.07) is 29.6. The molecule has 196 valence electrons. The summed E-state index contributed by atoms with van der Waals surface area (Å²) in [6.45, 7) is 6.55. The van der Waals surface area contributed by atoms with E-state index in [2.05, 4.69) is 43.2 Å². The number of para-hydroxylation sites is 1. The molecule has 0 fully saturated rings. The molecule has 0 saturated carbocycles. The van der Waals surface area contributed by atoms with Crippen LogP contribution in [0.15, 0.2) is 97.2 Å². The molecular weight excluding hydrogens is 523 g/mol. The van der Waals surface area contributed by atoms with Gasteiger partial charge in [-0.3, -0.25) is 9.78 Å². The quantitative estimate of drug-likeness (QED) is 0.228. The van der Waals surface area contributed by atoms with E-state index in [1.54, 1.807) is 6.20 Å². The molecule has 5 rings (SSSR count). The Hall–Kier alpha value is -3.66. The molecule has 5 heteroatoms. The molecule has 1 heterocycles. The number of nitrogens with zero attached hydrogens (tertiary/aromatic N) is 1. The molecule has 0 atom stereocenters. The number of fused-ring (bicyclic) bond motifs is 1. The van der Waals surface area contributed by atoms with E-state index in [-0.39, 0.29) is 11.3 Å². The molecule has 0 aliphatic rings. The van der Waals surface area contributed by atoms with Gasteiger partial charge in [-0.2, -0.15) is 0 Å². The van der Waals surface area contributed by atoms with Crippen LogP contribution in [0.25, 0.3) is 10.9 Å². The van der Waals surface area contributed by atoms with Gasteiger partial charge in [0.2, 0.25) is 0 Å². The minimum Gasteiger partial charge on any atom is -0.320 e. The highest BCUT2D eigenvalue weighted by molar-refractivity contribution is 6.31. The molecule has 3 nitrogen and oxygen atoms in total. The van der Waals surface area contributed by atoms with Crippen molar-refractivity contribution in [2.45, 2.75) is 39.0 Å². The Morgan fingerprint density at radius 1 is 0.744 bits per heavy atom. The number of anilines is 1. The Bertz CT molecular complexity index is 1600. The molecule has 0 aliphatic heterocycles. The van der Waals surface area contributed by atoms with Crippen LogP contribution in [0.2, 0.25) is 10.0 Å². The molecule has 0 aliphatic carbocycles. The third kappa shape index (κ3) is 6.00. The lowest BCUT2D eigenvalue weighted by Gasteiger charge is -2.25. The topological polar surface area (TPSA) is 42.0 Å². The smallest absolute Gasteiger partial charge is 0.256 e. The normalized spacial score (nSPS) is 11.5. The number of benzene rings is 4. The zero-order valence-electron chi connectivity index (χ0n) is 22.3. The van der Waals surface area contributed by atoms with Crippen molar-refractivity contribution in [1.29, 1.82) is 0 Å². The van der Waals surface area contributed by atoms with Gasteiger partial charge in [0.15, 0.2) is 0 Å². The van der Waals surface area contributed by atoms with Crippen LogP contribution in [0.4, 0.5) is 5.69 Å². The fourth-order valence-electron chi connectivity index (χ4n) is 4.85. The average molecular weight is 554 g/mol. The van der Waals surface area contributed by atoms with Crippen molar-refractivity contribution in [3.8, 4) is 0 Å². The van der Waals surface area contributed by atoms with Crippen molar-refractivity contribution in [3.63, 3.8) is 0 Å². The lowest BCUT2D eigenvalue weighted by Crippen LogP contribution is -2.20. The van der Waals surface area contributed by atoms with Crippen molar-refractivity contribution in [2.24, 2.45) is 0 Å². The Morgan fingerprint density at radius 3 is 1.87 bits per heavy atom. The van der Waals surface area contributed by atoms with Crippen LogP contribution < -0.4 is 5.32 Å². The fourth-order valence-corrected chi connectivity index (χ4v) is 5.26. The third-order valence-corrected chi connectivity index (χ3v) is 7.69. The average Bonchev–Trinajstić information content (AvgIpc) is 2.91. The van der Waals surface area contributed by atoms with Gasteiger partial charge < -0.3 is 5.32 Å². The Balaban J connectivity index is 1.69. The van der Waals surface area contributed by atoms with Crippen molar-refractivity contribution >= 4 is 45.7 Å². The van der Waals surface area contributed by atoms with Crippen LogP contribution in [0.5, 0.6) is 0 Å². The van der Waals surface area contributed by atoms with Crippen molar-refractivity contribution in [2.75, 3.05) is 5.32 Å². The van der Waals surface area contributed by atoms with E-state index in [1.165, 1.54) is 0 Å². The summed E-state index contributed by atoms with van der Waals surface area (Å²) < 4.78 is 0. The van der Waals surface area contributed by atoms with E-state index >= 15 is 0 Å². The van der Waals surface area contributed by atoms with Gasteiger partial charge in [-0.1, -0.05) is 111 Å². The van der Waals surface area contributed by atoms with Crippen LogP contribution in [-0.4, -0.2) is 10.9 Å². The van der Waals surface area contributed by atoms with Crippen LogP contribution in [0.3, 0.4) is 0 Å². The molecule has 1 N–H and O–H groups in total. The molecule has 0 radical (unpaired) electrons. The summed E-state index contributed by atoms with van der Waals surface area (Å²) in [7, 11) is 0. The molecule has 0 unspecified atom stereocenters. The van der Waals surface area contributed by atoms with Gasteiger partial charge in [-0.25, -0.2) is 0 Å². The molecule has 1 amide bonds. The number of halogens is 2. The van der Waals surface area contributed by atoms with Crippen molar-refractivity contribution in [3.05, 3.63) is 141 Å². The lowest BCUT2D eigenvalue weighted by atomic mass is 9.81. The first-order valence-corrected chi connectivity index (χ1v) is 13.7. The summed E-state index contributed by atoms with van der Waals surface area (Å²) in [4.78, 5) is 18.7. The van der Waals surface area contributed by atoms with Gasteiger partial charge in [0.05, 0.1) is 11.2 Å². The predicted molar refractivity (Wildman–Crippen MR) is 163 cm³/mol. The molecular formula is C34H30Cl2N2O. The number of nitrogens with one attached hydrogen (secondary N) is 1. The summed E-state index contributed by atoms with van der Waals surface area (Å²) >= 11 is 13.2. The fraction of sp³-hybridized carbons (Fsp3) is 0.176. The van der Waals surface area contributed by atoms with Gasteiger partial charge >= 0.3 is 0 Å². The second kappa shape index (κ2) is 11.2. The van der Waals surface area contributed by atoms with E-state index < -0.39 is 0 Å². The van der Waals surface area contributed by atoms with Gasteiger partial charge in [0.1, 0.15) is 0 Å². The molecule has 4 aromatic carbocycles. The highest BCUT2D eigenvalue weighted by Crippen LogP contribution is 2.33. The molecule has 1 aromatic heterocycles. The Labute approximate surface area is 239 Å². The van der Waals surface area contributed by atoms with Gasteiger partial charge in [-0.15, -0.1) is 0 Å². The van der Waals surface area contributed by atoms with E-state index in [9.17, 15) is 4.79 Å². The predicted octanol–water partition coefficient (Wildman–Crippen LogP) is 9.27. The number of aromatic nitrogens is 1. The first-order valence-electron chi connectivity index (χ1n) is 13.0. The maximum Gasteiger partial charge on any atom is 0.256 e. The van der Waals surface area contributed by atoms with Crippen LogP contribution >= 0.6 is 23.2 Å². The number of amides is 1. The number of hydrogen-bond acceptors (Lipinski definition) is 2. The number of pyridine rings is 1. The SMILES string of the molecule is CC(C)(C)c1cc(Cc2ccccc2Cl)c(C(=O)Nc2cccc3cccnc23)c(Cc2ccccc2Cl)c1. The first kappa shape index (κ1) is 26.9. The number of carbonyl (C=O) groups is 1. The Kier molecular flexibility index (Phi) is 7.74. The molecule has 39 heavy (non-hydrogen) atoms. The van der Waals surface area contributed by atoms with Gasteiger partial charge in [0, 0.05) is 27.2 Å². The minimum atomic E-state index is -0.183. The third-order valence-electron chi connectivity index (χ3n) is 6.95. The van der Waals surface area contributed by atoms with Gasteiger partial charge in [0.25, 0.3) is 5.91 Å². The highest BCUT2D eigenvalue weighted by Gasteiger charge is 2.24. The molecule has 0 saturated heterocycles. The van der Waals surface area contributed by atoms with Crippen LogP contribution in [0.1, 0.15) is 58.9 Å². The Morgan fingerprint density at radius 2 is 1.31 bits per heavy atom. The first-order chi connectivity index (χ1) is 18.7. The van der Waals surface area contributed by atoms with Crippen molar-refractivity contribution < 1.29 is 4.79 Å². The van der Waals surface area contributed by atoms with Gasteiger partial charge in [-0.05, 0) is 70.3 Å².